The second kappa shape index (κ2) is 8.27. The van der Waals surface area contributed by atoms with Gasteiger partial charge in [-0.3, -0.25) is 0 Å². The molecule has 0 radical (unpaired) electrons. The molecule has 1 aromatic rings. The van der Waals surface area contributed by atoms with Gasteiger partial charge in [0.1, 0.15) is 5.67 Å². The Morgan fingerprint density at radius 2 is 1.92 bits per heavy atom. The molecule has 1 saturated carbocycles. The first-order chi connectivity index (χ1) is 11.5. The monoisotopic (exact) mass is 352 g/mol. The molecule has 136 valence electrons. The molecule has 0 N–H and O–H groups in total. The third kappa shape index (κ3) is 5.52. The van der Waals surface area contributed by atoms with Crippen molar-refractivity contribution in [2.24, 2.45) is 5.92 Å². The van der Waals surface area contributed by atoms with Gasteiger partial charge >= 0.3 is 0 Å². The van der Waals surface area contributed by atoms with E-state index in [1.54, 1.807) is 13.8 Å². The predicted octanol–water partition coefficient (Wildman–Crippen LogP) is 5.19. The lowest BCUT2D eigenvalue weighted by Crippen LogP contribution is -2.29. The van der Waals surface area contributed by atoms with E-state index in [2.05, 4.69) is 4.90 Å². The summed E-state index contributed by atoms with van der Waals surface area (Å²) in [7, 11) is 0. The third-order valence-corrected chi connectivity index (χ3v) is 6.87. The van der Waals surface area contributed by atoms with Gasteiger partial charge in [-0.15, -0.1) is 11.3 Å². The molecular formula is C20H33FN2S. The SMILES string of the molecule is CC(C)(F)CCc1nc2c(s1)CCN(CCC1CCCCC1)CC2. The summed E-state index contributed by atoms with van der Waals surface area (Å²) in [5.41, 5.74) is 0.214. The van der Waals surface area contributed by atoms with Crippen molar-refractivity contribution in [1.82, 2.24) is 9.88 Å². The van der Waals surface area contributed by atoms with Crippen LogP contribution >= 0.6 is 11.3 Å². The van der Waals surface area contributed by atoms with Crippen molar-refractivity contribution in [2.45, 2.75) is 83.7 Å². The van der Waals surface area contributed by atoms with Crippen LogP contribution in [0.2, 0.25) is 0 Å². The normalized spacial score (nSPS) is 20.8. The van der Waals surface area contributed by atoms with Crippen LogP contribution in [0.15, 0.2) is 0 Å². The van der Waals surface area contributed by atoms with Gasteiger partial charge in [-0.05, 0) is 45.6 Å². The van der Waals surface area contributed by atoms with Crippen LogP contribution in [0.3, 0.4) is 0 Å². The summed E-state index contributed by atoms with van der Waals surface area (Å²) in [4.78, 5) is 8.93. The maximum Gasteiger partial charge on any atom is 0.105 e. The Bertz CT molecular complexity index is 489. The number of halogens is 1. The molecule has 0 atom stereocenters. The Labute approximate surface area is 150 Å². The van der Waals surface area contributed by atoms with Gasteiger partial charge in [0.2, 0.25) is 0 Å². The van der Waals surface area contributed by atoms with Crippen LogP contribution in [0.1, 0.15) is 74.4 Å². The second-order valence-electron chi connectivity index (χ2n) is 8.33. The number of aryl methyl sites for hydroxylation is 1. The van der Waals surface area contributed by atoms with E-state index in [0.29, 0.717) is 6.42 Å². The average molecular weight is 353 g/mol. The van der Waals surface area contributed by atoms with Gasteiger partial charge < -0.3 is 4.90 Å². The first-order valence-corrected chi connectivity index (χ1v) is 10.7. The van der Waals surface area contributed by atoms with Crippen LogP contribution in [-0.2, 0) is 19.3 Å². The van der Waals surface area contributed by atoms with E-state index in [9.17, 15) is 4.39 Å². The summed E-state index contributed by atoms with van der Waals surface area (Å²) in [5, 5.41) is 1.14. The van der Waals surface area contributed by atoms with Crippen LogP contribution in [0.5, 0.6) is 0 Å². The Morgan fingerprint density at radius 3 is 2.67 bits per heavy atom. The van der Waals surface area contributed by atoms with E-state index in [1.807, 2.05) is 11.3 Å². The fraction of sp³-hybridized carbons (Fsp3) is 0.850. The minimum Gasteiger partial charge on any atom is -0.303 e. The molecule has 2 heterocycles. The fourth-order valence-electron chi connectivity index (χ4n) is 4.04. The number of nitrogens with zero attached hydrogens (tertiary/aromatic N) is 2. The summed E-state index contributed by atoms with van der Waals surface area (Å²) >= 11 is 1.83. The molecule has 1 fully saturated rings. The van der Waals surface area contributed by atoms with Crippen molar-refractivity contribution < 1.29 is 4.39 Å². The molecular weight excluding hydrogens is 319 g/mol. The summed E-state index contributed by atoms with van der Waals surface area (Å²) in [6, 6.07) is 0. The van der Waals surface area contributed by atoms with Gasteiger partial charge in [-0.2, -0.15) is 0 Å². The third-order valence-electron chi connectivity index (χ3n) is 5.65. The second-order valence-corrected chi connectivity index (χ2v) is 9.50. The predicted molar refractivity (Wildman–Crippen MR) is 101 cm³/mol. The lowest BCUT2D eigenvalue weighted by Gasteiger charge is -2.26. The number of rotatable bonds is 6. The molecule has 2 nitrogen and oxygen atoms in total. The minimum atomic E-state index is -1.08. The number of hydrogen-bond donors (Lipinski definition) is 0. The summed E-state index contributed by atoms with van der Waals surface area (Å²) < 4.78 is 13.7. The van der Waals surface area contributed by atoms with Gasteiger partial charge in [-0.1, -0.05) is 32.1 Å². The average Bonchev–Trinajstić information content (AvgIpc) is 2.85. The lowest BCUT2D eigenvalue weighted by atomic mass is 9.87. The summed E-state index contributed by atoms with van der Waals surface area (Å²) in [6.07, 6.45) is 12.2. The van der Waals surface area contributed by atoms with Gasteiger partial charge in [-0.25, -0.2) is 9.37 Å². The molecule has 0 aromatic carbocycles. The molecule has 4 heteroatoms. The molecule has 1 aromatic heterocycles. The van der Waals surface area contributed by atoms with E-state index >= 15 is 0 Å². The van der Waals surface area contributed by atoms with E-state index in [-0.39, 0.29) is 0 Å². The van der Waals surface area contributed by atoms with Crippen LogP contribution in [0.4, 0.5) is 4.39 Å². The largest absolute Gasteiger partial charge is 0.303 e. The van der Waals surface area contributed by atoms with Crippen LogP contribution in [-0.4, -0.2) is 35.2 Å². The Morgan fingerprint density at radius 1 is 1.17 bits per heavy atom. The summed E-state index contributed by atoms with van der Waals surface area (Å²) in [6.45, 7) is 6.92. The zero-order chi connectivity index (χ0) is 17.0. The van der Waals surface area contributed by atoms with Crippen LogP contribution < -0.4 is 0 Å². The molecule has 1 aliphatic heterocycles. The number of aromatic nitrogens is 1. The molecule has 0 unspecified atom stereocenters. The quantitative estimate of drug-likeness (QED) is 0.700. The Balaban J connectivity index is 1.46. The van der Waals surface area contributed by atoms with Gasteiger partial charge in [0.05, 0.1) is 10.7 Å². The highest BCUT2D eigenvalue weighted by Crippen LogP contribution is 2.28. The molecule has 0 amide bonds. The molecule has 1 aliphatic carbocycles. The highest BCUT2D eigenvalue weighted by molar-refractivity contribution is 7.11. The Hall–Kier alpha value is -0.480. The standard InChI is InChI=1S/C20H33FN2S/c1-20(2,21)12-8-19-22-17-10-14-23(15-11-18(17)24-19)13-9-16-6-4-3-5-7-16/h16H,3-15H2,1-2H3. The minimum absolute atomic E-state index is 0.576. The van der Waals surface area contributed by atoms with Crippen molar-refractivity contribution in [3.05, 3.63) is 15.6 Å². The zero-order valence-corrected chi connectivity index (χ0v) is 16.3. The van der Waals surface area contributed by atoms with E-state index in [1.165, 1.54) is 62.2 Å². The van der Waals surface area contributed by atoms with Gasteiger partial charge in [0.25, 0.3) is 0 Å². The number of fused-ring (bicyclic) bond motifs is 1. The fourth-order valence-corrected chi connectivity index (χ4v) is 5.14. The van der Waals surface area contributed by atoms with Crippen molar-refractivity contribution in [3.63, 3.8) is 0 Å². The van der Waals surface area contributed by atoms with Crippen LogP contribution in [0.25, 0.3) is 0 Å². The Kier molecular flexibility index (Phi) is 6.31. The molecule has 2 aliphatic rings. The van der Waals surface area contributed by atoms with Crippen LogP contribution in [0, 0.1) is 5.92 Å². The zero-order valence-electron chi connectivity index (χ0n) is 15.5. The lowest BCUT2D eigenvalue weighted by molar-refractivity contribution is 0.202. The van der Waals surface area contributed by atoms with E-state index < -0.39 is 5.67 Å². The number of alkyl halides is 1. The maximum absolute atomic E-state index is 13.7. The van der Waals surface area contributed by atoms with Crippen molar-refractivity contribution >= 4 is 11.3 Å². The molecule has 3 rings (SSSR count). The van der Waals surface area contributed by atoms with Crippen molar-refractivity contribution in [2.75, 3.05) is 19.6 Å². The maximum atomic E-state index is 13.7. The van der Waals surface area contributed by atoms with Gasteiger partial charge in [0.15, 0.2) is 0 Å². The van der Waals surface area contributed by atoms with Gasteiger partial charge in [0, 0.05) is 30.8 Å². The molecule has 0 saturated heterocycles. The smallest absolute Gasteiger partial charge is 0.105 e. The molecule has 24 heavy (non-hydrogen) atoms. The first kappa shape index (κ1) is 18.3. The molecule has 0 spiro atoms. The highest BCUT2D eigenvalue weighted by atomic mass is 32.1. The van der Waals surface area contributed by atoms with E-state index in [4.69, 9.17) is 4.98 Å². The topological polar surface area (TPSA) is 16.1 Å². The first-order valence-electron chi connectivity index (χ1n) is 9.88. The summed E-state index contributed by atoms with van der Waals surface area (Å²) in [5.74, 6) is 0.977. The number of thiazole rings is 1. The number of hydrogen-bond acceptors (Lipinski definition) is 3. The van der Waals surface area contributed by atoms with Crippen molar-refractivity contribution in [1.29, 1.82) is 0 Å². The van der Waals surface area contributed by atoms with Crippen molar-refractivity contribution in [3.8, 4) is 0 Å². The van der Waals surface area contributed by atoms with E-state index in [0.717, 1.165) is 36.7 Å². The highest BCUT2D eigenvalue weighted by Gasteiger charge is 2.21. The molecule has 0 bridgehead atoms.